The third kappa shape index (κ3) is 4.91. The van der Waals surface area contributed by atoms with Crippen LogP contribution in [0.2, 0.25) is 0 Å². The smallest absolute Gasteiger partial charge is 0.225 e. The van der Waals surface area contributed by atoms with Crippen LogP contribution in [-0.2, 0) is 6.61 Å². The Balaban J connectivity index is 1.15. The maximum absolute atomic E-state index is 14.5. The fourth-order valence-corrected chi connectivity index (χ4v) is 4.92. The number of halogens is 1. The van der Waals surface area contributed by atoms with Gasteiger partial charge in [0.2, 0.25) is 5.95 Å². The Morgan fingerprint density at radius 2 is 1.97 bits per heavy atom. The van der Waals surface area contributed by atoms with Crippen molar-refractivity contribution in [1.29, 1.82) is 0 Å². The lowest BCUT2D eigenvalue weighted by Gasteiger charge is -2.31. The van der Waals surface area contributed by atoms with Crippen LogP contribution in [0.5, 0.6) is 5.75 Å². The van der Waals surface area contributed by atoms with E-state index in [0.717, 1.165) is 48.1 Å². The van der Waals surface area contributed by atoms with Crippen molar-refractivity contribution in [3.8, 4) is 11.4 Å². The minimum Gasteiger partial charge on any atom is -0.484 e. The second kappa shape index (κ2) is 9.84. The van der Waals surface area contributed by atoms with Gasteiger partial charge in [-0.25, -0.2) is 24.0 Å². The summed E-state index contributed by atoms with van der Waals surface area (Å²) in [5.74, 6) is 1.38. The van der Waals surface area contributed by atoms with Gasteiger partial charge in [-0.2, -0.15) is 0 Å². The van der Waals surface area contributed by atoms with Crippen molar-refractivity contribution < 1.29 is 9.13 Å². The monoisotopic (exact) mass is 479 g/mol. The van der Waals surface area contributed by atoms with Crippen LogP contribution >= 0.6 is 11.3 Å². The summed E-state index contributed by atoms with van der Waals surface area (Å²) in [5.41, 5.74) is 2.56. The van der Waals surface area contributed by atoms with Gasteiger partial charge in [-0.15, -0.1) is 16.4 Å². The Bertz CT molecular complexity index is 1220. The molecule has 1 fully saturated rings. The van der Waals surface area contributed by atoms with E-state index in [9.17, 15) is 4.39 Å². The van der Waals surface area contributed by atoms with Gasteiger partial charge in [-0.1, -0.05) is 19.1 Å². The summed E-state index contributed by atoms with van der Waals surface area (Å²) in [7, 11) is 0. The van der Waals surface area contributed by atoms with Crippen LogP contribution in [-0.4, -0.2) is 43.0 Å². The van der Waals surface area contributed by atoms with Crippen LogP contribution in [0, 0.1) is 5.82 Å². The molecule has 34 heavy (non-hydrogen) atoms. The van der Waals surface area contributed by atoms with Crippen LogP contribution in [0.1, 0.15) is 54.8 Å². The molecular formula is C24H26FN7OS. The van der Waals surface area contributed by atoms with Crippen molar-refractivity contribution in [3.63, 3.8) is 0 Å². The van der Waals surface area contributed by atoms with Crippen molar-refractivity contribution in [2.45, 2.75) is 45.1 Å². The SMILES string of the molecule is CC(C)c1cnc(N2CCC(c3nc(COc4ccc(-n5ccnn5)cc4F)cs3)CC2)nc1. The van der Waals surface area contributed by atoms with Crippen LogP contribution in [0.25, 0.3) is 5.69 Å². The average molecular weight is 480 g/mol. The number of piperidine rings is 1. The number of rotatable bonds is 7. The fourth-order valence-electron chi connectivity index (χ4n) is 3.94. The number of hydrogen-bond acceptors (Lipinski definition) is 8. The molecule has 176 valence electrons. The number of hydrogen-bond donors (Lipinski definition) is 0. The summed E-state index contributed by atoms with van der Waals surface area (Å²) in [4.78, 5) is 16.1. The number of thiazole rings is 1. The molecule has 0 aliphatic carbocycles. The van der Waals surface area contributed by atoms with E-state index < -0.39 is 5.82 Å². The Morgan fingerprint density at radius 1 is 1.18 bits per heavy atom. The highest BCUT2D eigenvalue weighted by Gasteiger charge is 2.24. The lowest BCUT2D eigenvalue weighted by molar-refractivity contribution is 0.286. The van der Waals surface area contributed by atoms with Crippen molar-refractivity contribution in [2.24, 2.45) is 0 Å². The van der Waals surface area contributed by atoms with Gasteiger partial charge in [-0.05, 0) is 36.5 Å². The lowest BCUT2D eigenvalue weighted by atomic mass is 9.98. The van der Waals surface area contributed by atoms with E-state index in [-0.39, 0.29) is 12.4 Å². The minimum absolute atomic E-state index is 0.190. The fraction of sp³-hybridized carbons (Fsp3) is 0.375. The molecule has 3 aromatic heterocycles. The maximum atomic E-state index is 14.5. The molecule has 0 saturated carbocycles. The molecule has 1 saturated heterocycles. The minimum atomic E-state index is -0.445. The first-order chi connectivity index (χ1) is 16.6. The lowest BCUT2D eigenvalue weighted by Crippen LogP contribution is -2.34. The predicted octanol–water partition coefficient (Wildman–Crippen LogP) is 4.74. The van der Waals surface area contributed by atoms with Gasteiger partial charge < -0.3 is 9.64 Å². The van der Waals surface area contributed by atoms with Gasteiger partial charge >= 0.3 is 0 Å². The molecule has 4 heterocycles. The molecule has 0 amide bonds. The Labute approximate surface area is 201 Å². The van der Waals surface area contributed by atoms with Crippen molar-refractivity contribution in [1.82, 2.24) is 29.9 Å². The molecule has 8 nitrogen and oxygen atoms in total. The maximum Gasteiger partial charge on any atom is 0.225 e. The van der Waals surface area contributed by atoms with E-state index in [1.165, 1.54) is 10.7 Å². The van der Waals surface area contributed by atoms with Gasteiger partial charge in [-0.3, -0.25) is 0 Å². The molecule has 5 rings (SSSR count). The highest BCUT2D eigenvalue weighted by atomic mass is 32.1. The third-order valence-electron chi connectivity index (χ3n) is 6.00. The second-order valence-electron chi connectivity index (χ2n) is 8.66. The number of anilines is 1. The quantitative estimate of drug-likeness (QED) is 0.379. The zero-order chi connectivity index (χ0) is 23.5. The molecule has 1 aromatic carbocycles. The Kier molecular flexibility index (Phi) is 6.48. The molecule has 1 aliphatic heterocycles. The van der Waals surface area contributed by atoms with Crippen LogP contribution in [0.4, 0.5) is 10.3 Å². The van der Waals surface area contributed by atoms with Gasteiger partial charge in [0, 0.05) is 42.8 Å². The molecule has 0 atom stereocenters. The van der Waals surface area contributed by atoms with E-state index in [4.69, 9.17) is 9.72 Å². The first-order valence-electron chi connectivity index (χ1n) is 11.4. The van der Waals surface area contributed by atoms with Crippen LogP contribution in [0.15, 0.2) is 48.4 Å². The Hall–Kier alpha value is -3.40. The van der Waals surface area contributed by atoms with E-state index in [1.54, 1.807) is 35.9 Å². The zero-order valence-electron chi connectivity index (χ0n) is 19.1. The van der Waals surface area contributed by atoms with Crippen LogP contribution in [0.3, 0.4) is 0 Å². The number of ether oxygens (including phenoxy) is 1. The van der Waals surface area contributed by atoms with E-state index in [2.05, 4.69) is 39.0 Å². The first kappa shape index (κ1) is 22.4. The normalized spacial score (nSPS) is 14.6. The van der Waals surface area contributed by atoms with E-state index in [1.807, 2.05) is 17.8 Å². The average Bonchev–Trinajstić information content (AvgIpc) is 3.56. The molecule has 0 radical (unpaired) electrons. The van der Waals surface area contributed by atoms with E-state index in [0.29, 0.717) is 17.5 Å². The van der Waals surface area contributed by atoms with Gasteiger partial charge in [0.15, 0.2) is 11.6 Å². The van der Waals surface area contributed by atoms with Crippen molar-refractivity contribution in [3.05, 3.63) is 70.4 Å². The standard InChI is InChI=1S/C24H26FN7OS/c1-16(2)18-12-26-24(27-13-18)31-8-5-17(6-9-31)23-29-19(15-34-23)14-33-22-4-3-20(11-21(22)25)32-10-7-28-30-32/h3-4,7,10-13,15-17H,5-6,8-9,14H2,1-2H3. The summed E-state index contributed by atoms with van der Waals surface area (Å²) in [6, 6.07) is 4.73. The Morgan fingerprint density at radius 3 is 2.65 bits per heavy atom. The van der Waals surface area contributed by atoms with Gasteiger partial charge in [0.05, 0.1) is 28.8 Å². The molecule has 10 heteroatoms. The number of benzene rings is 1. The first-order valence-corrected chi connectivity index (χ1v) is 12.2. The molecule has 1 aliphatic rings. The highest BCUT2D eigenvalue weighted by Crippen LogP contribution is 2.32. The van der Waals surface area contributed by atoms with E-state index >= 15 is 0 Å². The highest BCUT2D eigenvalue weighted by molar-refractivity contribution is 7.09. The van der Waals surface area contributed by atoms with Crippen molar-refractivity contribution in [2.75, 3.05) is 18.0 Å². The summed E-state index contributed by atoms with van der Waals surface area (Å²) < 4.78 is 21.7. The molecule has 4 aromatic rings. The van der Waals surface area contributed by atoms with Gasteiger partial charge in [0.1, 0.15) is 6.61 Å². The molecule has 0 N–H and O–H groups in total. The van der Waals surface area contributed by atoms with Crippen molar-refractivity contribution >= 4 is 17.3 Å². The summed E-state index contributed by atoms with van der Waals surface area (Å²) >= 11 is 1.65. The zero-order valence-corrected chi connectivity index (χ0v) is 20.0. The predicted molar refractivity (Wildman–Crippen MR) is 128 cm³/mol. The molecular weight excluding hydrogens is 453 g/mol. The summed E-state index contributed by atoms with van der Waals surface area (Å²) in [6.45, 7) is 6.32. The van der Waals surface area contributed by atoms with Crippen LogP contribution < -0.4 is 9.64 Å². The largest absolute Gasteiger partial charge is 0.484 e. The topological polar surface area (TPSA) is 81.9 Å². The summed E-state index contributed by atoms with van der Waals surface area (Å²) in [6.07, 6.45) is 9.06. The molecule has 0 unspecified atom stereocenters. The molecule has 0 spiro atoms. The summed E-state index contributed by atoms with van der Waals surface area (Å²) in [5, 5.41) is 10.7. The second-order valence-corrected chi connectivity index (χ2v) is 9.55. The molecule has 0 bridgehead atoms. The van der Waals surface area contributed by atoms with Gasteiger partial charge in [0.25, 0.3) is 0 Å². The third-order valence-corrected chi connectivity index (χ3v) is 7.06. The number of aromatic nitrogens is 6. The number of nitrogens with zero attached hydrogens (tertiary/aromatic N) is 7.